The smallest absolute Gasteiger partial charge is 0.371 e. The van der Waals surface area contributed by atoms with Crippen LogP contribution in [0.3, 0.4) is 0 Å². The maximum Gasteiger partial charge on any atom is 0.371 e. The zero-order valence-electron chi connectivity index (χ0n) is 6.62. The van der Waals surface area contributed by atoms with E-state index in [0.717, 1.165) is 0 Å². The van der Waals surface area contributed by atoms with Gasteiger partial charge in [-0.15, -0.1) is 0 Å². The van der Waals surface area contributed by atoms with Crippen molar-refractivity contribution in [2.75, 3.05) is 0 Å². The Kier molecular flexibility index (Phi) is 1.50. The van der Waals surface area contributed by atoms with E-state index in [-0.39, 0.29) is 11.2 Å². The van der Waals surface area contributed by atoms with Crippen molar-refractivity contribution in [3.63, 3.8) is 0 Å². The van der Waals surface area contributed by atoms with Crippen LogP contribution in [0.15, 0.2) is 9.59 Å². The molecule has 72 valence electrons. The SMILES string of the molecule is O=C(O)c1nc2[nH]c(=O)[nH]c(=O)c2[nH]1. The summed E-state index contributed by atoms with van der Waals surface area (Å²) in [5.41, 5.74) is -1.58. The third-order valence-electron chi connectivity index (χ3n) is 1.59. The fourth-order valence-electron chi connectivity index (χ4n) is 1.03. The topological polar surface area (TPSA) is 132 Å². The van der Waals surface area contributed by atoms with Crippen LogP contribution in [0.1, 0.15) is 10.6 Å². The Morgan fingerprint density at radius 2 is 1.93 bits per heavy atom. The molecule has 0 fully saturated rings. The molecule has 0 atom stereocenters. The molecule has 0 aliphatic carbocycles. The van der Waals surface area contributed by atoms with Gasteiger partial charge in [0.2, 0.25) is 5.82 Å². The molecule has 0 aliphatic heterocycles. The van der Waals surface area contributed by atoms with Crippen molar-refractivity contribution < 1.29 is 9.90 Å². The maximum absolute atomic E-state index is 11.1. The van der Waals surface area contributed by atoms with Crippen LogP contribution < -0.4 is 11.2 Å². The molecule has 0 bridgehead atoms. The van der Waals surface area contributed by atoms with Crippen molar-refractivity contribution in [2.45, 2.75) is 0 Å². The van der Waals surface area contributed by atoms with Crippen LogP contribution in [-0.2, 0) is 0 Å². The van der Waals surface area contributed by atoms with Crippen LogP contribution in [0.5, 0.6) is 0 Å². The second kappa shape index (κ2) is 2.55. The first-order valence-corrected chi connectivity index (χ1v) is 3.53. The maximum atomic E-state index is 11.1. The van der Waals surface area contributed by atoms with Crippen molar-refractivity contribution in [1.82, 2.24) is 19.9 Å². The molecule has 0 spiro atoms. The minimum atomic E-state index is -1.30. The predicted octanol–water partition coefficient (Wildman–Crippen LogP) is -1.36. The molecule has 8 nitrogen and oxygen atoms in total. The van der Waals surface area contributed by atoms with Crippen LogP contribution in [0.4, 0.5) is 0 Å². The van der Waals surface area contributed by atoms with E-state index in [1.165, 1.54) is 0 Å². The third kappa shape index (κ3) is 1.09. The van der Waals surface area contributed by atoms with Gasteiger partial charge in [0.05, 0.1) is 0 Å². The van der Waals surface area contributed by atoms with Crippen molar-refractivity contribution in [2.24, 2.45) is 0 Å². The quantitative estimate of drug-likeness (QED) is 0.447. The number of rotatable bonds is 1. The minimum absolute atomic E-state index is 0.0676. The van der Waals surface area contributed by atoms with Gasteiger partial charge >= 0.3 is 11.7 Å². The van der Waals surface area contributed by atoms with Crippen LogP contribution >= 0.6 is 0 Å². The van der Waals surface area contributed by atoms with Crippen LogP contribution in [0, 0.1) is 0 Å². The molecule has 2 aromatic heterocycles. The molecule has 0 radical (unpaired) electrons. The second-order valence-electron chi connectivity index (χ2n) is 2.52. The Bertz CT molecular complexity index is 619. The summed E-state index contributed by atoms with van der Waals surface area (Å²) in [7, 11) is 0. The number of hydrogen-bond acceptors (Lipinski definition) is 4. The van der Waals surface area contributed by atoms with Gasteiger partial charge in [0, 0.05) is 0 Å². The number of aromatic carboxylic acids is 1. The average molecular weight is 196 g/mol. The summed E-state index contributed by atoms with van der Waals surface area (Å²) in [6, 6.07) is 0. The highest BCUT2D eigenvalue weighted by Gasteiger charge is 2.11. The molecular formula is C6H4N4O4. The first-order chi connectivity index (χ1) is 6.58. The van der Waals surface area contributed by atoms with E-state index in [2.05, 4.69) is 15.0 Å². The number of aromatic nitrogens is 4. The fourth-order valence-corrected chi connectivity index (χ4v) is 1.03. The number of hydrogen-bond donors (Lipinski definition) is 4. The van der Waals surface area contributed by atoms with Gasteiger partial charge in [0.1, 0.15) is 5.52 Å². The van der Waals surface area contributed by atoms with E-state index in [4.69, 9.17) is 5.11 Å². The molecule has 8 heteroatoms. The zero-order valence-corrected chi connectivity index (χ0v) is 6.62. The highest BCUT2D eigenvalue weighted by atomic mass is 16.4. The van der Waals surface area contributed by atoms with Gasteiger partial charge in [0.25, 0.3) is 5.56 Å². The molecule has 2 aromatic rings. The van der Waals surface area contributed by atoms with Crippen molar-refractivity contribution in [1.29, 1.82) is 0 Å². The molecule has 0 saturated heterocycles. The summed E-state index contributed by atoms with van der Waals surface area (Å²) >= 11 is 0. The van der Waals surface area contributed by atoms with Gasteiger partial charge in [0.15, 0.2) is 5.65 Å². The number of carboxylic acid groups (broad SMARTS) is 1. The Hall–Kier alpha value is -2.38. The standard InChI is InChI=1S/C6H4N4O4/c11-4-1-2(9-6(14)10-4)8-3(7-1)5(12)13/h(H,12,13)(H3,7,8,9,10,11,14). The first-order valence-electron chi connectivity index (χ1n) is 3.53. The predicted molar refractivity (Wildman–Crippen MR) is 44.3 cm³/mol. The van der Waals surface area contributed by atoms with E-state index in [9.17, 15) is 14.4 Å². The number of nitrogens with zero attached hydrogens (tertiary/aromatic N) is 1. The van der Waals surface area contributed by atoms with E-state index in [1.807, 2.05) is 4.98 Å². The minimum Gasteiger partial charge on any atom is -0.475 e. The molecule has 14 heavy (non-hydrogen) atoms. The van der Waals surface area contributed by atoms with Crippen molar-refractivity contribution >= 4 is 17.1 Å². The van der Waals surface area contributed by atoms with E-state index >= 15 is 0 Å². The van der Waals surface area contributed by atoms with Crippen LogP contribution in [0.2, 0.25) is 0 Å². The molecular weight excluding hydrogens is 192 g/mol. The summed E-state index contributed by atoms with van der Waals surface area (Å²) in [6.07, 6.45) is 0. The number of fused-ring (bicyclic) bond motifs is 1. The number of carbonyl (C=O) groups is 1. The molecule has 0 saturated carbocycles. The zero-order chi connectivity index (χ0) is 10.3. The van der Waals surface area contributed by atoms with Crippen LogP contribution in [-0.4, -0.2) is 31.0 Å². The lowest BCUT2D eigenvalue weighted by molar-refractivity contribution is 0.0685. The van der Waals surface area contributed by atoms with Crippen LogP contribution in [0.25, 0.3) is 11.2 Å². The number of H-pyrrole nitrogens is 3. The Morgan fingerprint density at radius 1 is 1.21 bits per heavy atom. The molecule has 4 N–H and O–H groups in total. The molecule has 2 heterocycles. The molecule has 0 aliphatic rings. The normalized spacial score (nSPS) is 10.6. The highest BCUT2D eigenvalue weighted by molar-refractivity contribution is 5.87. The van der Waals surface area contributed by atoms with Gasteiger partial charge in [-0.1, -0.05) is 0 Å². The third-order valence-corrected chi connectivity index (χ3v) is 1.59. The first kappa shape index (κ1) is 8.23. The van der Waals surface area contributed by atoms with Gasteiger partial charge in [-0.05, 0) is 0 Å². The lowest BCUT2D eigenvalue weighted by Crippen LogP contribution is -2.21. The van der Waals surface area contributed by atoms with E-state index in [1.54, 1.807) is 0 Å². The second-order valence-corrected chi connectivity index (χ2v) is 2.52. The van der Waals surface area contributed by atoms with Gasteiger partial charge < -0.3 is 10.1 Å². The molecule has 2 rings (SSSR count). The van der Waals surface area contributed by atoms with E-state index in [0.29, 0.717) is 0 Å². The van der Waals surface area contributed by atoms with Crippen molar-refractivity contribution in [3.05, 3.63) is 26.7 Å². The molecule has 0 amide bonds. The molecule has 0 unspecified atom stereocenters. The van der Waals surface area contributed by atoms with Crippen molar-refractivity contribution in [3.8, 4) is 0 Å². The molecule has 0 aromatic carbocycles. The van der Waals surface area contributed by atoms with Gasteiger partial charge in [-0.3, -0.25) is 14.8 Å². The summed E-state index contributed by atoms with van der Waals surface area (Å²) in [5.74, 6) is -1.70. The monoisotopic (exact) mass is 196 g/mol. The van der Waals surface area contributed by atoms with E-state index < -0.39 is 23.0 Å². The largest absolute Gasteiger partial charge is 0.475 e. The average Bonchev–Trinajstić information content (AvgIpc) is 2.47. The summed E-state index contributed by atoms with van der Waals surface area (Å²) in [4.78, 5) is 42.2. The Morgan fingerprint density at radius 3 is 2.57 bits per heavy atom. The summed E-state index contributed by atoms with van der Waals surface area (Å²) < 4.78 is 0. The number of imidazole rings is 1. The highest BCUT2D eigenvalue weighted by Crippen LogP contribution is 2.00. The lowest BCUT2D eigenvalue weighted by Gasteiger charge is -1.83. The number of nitrogens with one attached hydrogen (secondary N) is 3. The number of aromatic amines is 3. The Balaban J connectivity index is 2.90. The van der Waals surface area contributed by atoms with Gasteiger partial charge in [-0.2, -0.15) is 0 Å². The summed E-state index contributed by atoms with van der Waals surface area (Å²) in [6.45, 7) is 0. The lowest BCUT2D eigenvalue weighted by atomic mass is 10.5. The van der Waals surface area contributed by atoms with Gasteiger partial charge in [-0.25, -0.2) is 14.6 Å². The Labute approximate surface area is 74.6 Å². The number of carboxylic acids is 1. The fraction of sp³-hybridized carbons (Fsp3) is 0. The summed E-state index contributed by atoms with van der Waals surface area (Å²) in [5, 5.41) is 8.55.